The average Bonchev–Trinajstić information content (AvgIpc) is 3.24. The van der Waals surface area contributed by atoms with Gasteiger partial charge in [0.25, 0.3) is 0 Å². The molecule has 0 fully saturated rings. The molecule has 0 saturated carbocycles. The number of carbonyl (C=O) groups excluding carboxylic acids is 1. The SMILES string of the molecule is O=C(Cc1ccc2c(c1)OCO2)Nc1nc(-c2ccccc2)ns1. The molecule has 0 bridgehead atoms. The summed E-state index contributed by atoms with van der Waals surface area (Å²) >= 11 is 1.17. The summed E-state index contributed by atoms with van der Waals surface area (Å²) in [6, 6.07) is 15.1. The summed E-state index contributed by atoms with van der Waals surface area (Å²) < 4.78 is 14.8. The van der Waals surface area contributed by atoms with Gasteiger partial charge >= 0.3 is 0 Å². The number of rotatable bonds is 4. The van der Waals surface area contributed by atoms with Crippen LogP contribution < -0.4 is 14.8 Å². The quantitative estimate of drug-likeness (QED) is 0.790. The van der Waals surface area contributed by atoms with Crippen LogP contribution in [0.15, 0.2) is 48.5 Å². The Kier molecular flexibility index (Phi) is 3.84. The first kappa shape index (κ1) is 14.6. The molecule has 0 saturated heterocycles. The summed E-state index contributed by atoms with van der Waals surface area (Å²) in [4.78, 5) is 16.5. The highest BCUT2D eigenvalue weighted by molar-refractivity contribution is 7.10. The third-order valence-corrected chi connectivity index (χ3v) is 4.14. The van der Waals surface area contributed by atoms with Crippen LogP contribution in [0.2, 0.25) is 0 Å². The Hall–Kier alpha value is -2.93. The summed E-state index contributed by atoms with van der Waals surface area (Å²) in [5.41, 5.74) is 1.77. The van der Waals surface area contributed by atoms with Crippen molar-refractivity contribution in [3.8, 4) is 22.9 Å². The Morgan fingerprint density at radius 2 is 1.96 bits per heavy atom. The smallest absolute Gasteiger partial charge is 0.231 e. The molecule has 2 aromatic carbocycles. The Bertz CT molecular complexity index is 880. The first-order valence-corrected chi connectivity index (χ1v) is 8.13. The number of amides is 1. The topological polar surface area (TPSA) is 73.3 Å². The lowest BCUT2D eigenvalue weighted by molar-refractivity contribution is -0.115. The number of aromatic nitrogens is 2. The minimum atomic E-state index is -0.148. The minimum Gasteiger partial charge on any atom is -0.454 e. The molecule has 24 heavy (non-hydrogen) atoms. The van der Waals surface area contributed by atoms with Crippen LogP contribution in [-0.2, 0) is 11.2 Å². The largest absolute Gasteiger partial charge is 0.454 e. The van der Waals surface area contributed by atoms with Gasteiger partial charge in [0, 0.05) is 17.1 Å². The fraction of sp³-hybridized carbons (Fsp3) is 0.118. The molecule has 3 aromatic rings. The fourth-order valence-electron chi connectivity index (χ4n) is 2.38. The molecule has 0 unspecified atom stereocenters. The molecule has 1 N–H and O–H groups in total. The second kappa shape index (κ2) is 6.29. The van der Waals surface area contributed by atoms with Gasteiger partial charge in [-0.2, -0.15) is 9.36 Å². The van der Waals surface area contributed by atoms with Gasteiger partial charge in [-0.15, -0.1) is 0 Å². The van der Waals surface area contributed by atoms with Gasteiger partial charge in [0.2, 0.25) is 17.8 Å². The molecule has 1 aliphatic rings. The van der Waals surface area contributed by atoms with Gasteiger partial charge in [-0.05, 0) is 17.7 Å². The number of ether oxygens (including phenoxy) is 2. The van der Waals surface area contributed by atoms with E-state index in [2.05, 4.69) is 14.7 Å². The number of nitrogens with zero attached hydrogens (tertiary/aromatic N) is 2. The number of fused-ring (bicyclic) bond motifs is 1. The zero-order valence-electron chi connectivity index (χ0n) is 12.6. The van der Waals surface area contributed by atoms with E-state index < -0.39 is 0 Å². The number of benzene rings is 2. The Morgan fingerprint density at radius 3 is 2.83 bits per heavy atom. The van der Waals surface area contributed by atoms with E-state index in [1.165, 1.54) is 11.5 Å². The Balaban J connectivity index is 1.42. The van der Waals surface area contributed by atoms with Crippen LogP contribution in [0, 0.1) is 0 Å². The standard InChI is InChI=1S/C17H13N3O3S/c21-15(9-11-6-7-13-14(8-11)23-10-22-13)18-17-19-16(20-24-17)12-4-2-1-3-5-12/h1-8H,9-10H2,(H,18,19,20,21). The summed E-state index contributed by atoms with van der Waals surface area (Å²) in [6.07, 6.45) is 0.233. The molecule has 2 heterocycles. The van der Waals surface area contributed by atoms with E-state index in [-0.39, 0.29) is 19.1 Å². The molecule has 0 atom stereocenters. The lowest BCUT2D eigenvalue weighted by Crippen LogP contribution is -2.14. The number of anilines is 1. The molecule has 0 radical (unpaired) electrons. The monoisotopic (exact) mass is 339 g/mol. The lowest BCUT2D eigenvalue weighted by Gasteiger charge is -2.03. The van der Waals surface area contributed by atoms with Crippen molar-refractivity contribution in [1.29, 1.82) is 0 Å². The third kappa shape index (κ3) is 3.07. The highest BCUT2D eigenvalue weighted by Gasteiger charge is 2.15. The van der Waals surface area contributed by atoms with E-state index in [1.807, 2.05) is 48.5 Å². The predicted molar refractivity (Wildman–Crippen MR) is 90.2 cm³/mol. The molecule has 7 heteroatoms. The van der Waals surface area contributed by atoms with Crippen LogP contribution >= 0.6 is 11.5 Å². The van der Waals surface area contributed by atoms with Gasteiger partial charge in [0.05, 0.1) is 6.42 Å². The van der Waals surface area contributed by atoms with Crippen molar-refractivity contribution < 1.29 is 14.3 Å². The summed E-state index contributed by atoms with van der Waals surface area (Å²) in [7, 11) is 0. The van der Waals surface area contributed by atoms with Crippen LogP contribution in [0.1, 0.15) is 5.56 Å². The number of hydrogen-bond donors (Lipinski definition) is 1. The molecule has 0 aliphatic carbocycles. The summed E-state index contributed by atoms with van der Waals surface area (Å²) in [6.45, 7) is 0.220. The number of carbonyl (C=O) groups is 1. The van der Waals surface area contributed by atoms with E-state index in [0.29, 0.717) is 22.5 Å². The Morgan fingerprint density at radius 1 is 1.12 bits per heavy atom. The molecule has 6 nitrogen and oxygen atoms in total. The Labute approximate surface area is 142 Å². The normalized spacial score (nSPS) is 12.2. The van der Waals surface area contributed by atoms with E-state index in [0.717, 1.165) is 11.1 Å². The predicted octanol–water partition coefficient (Wildman–Crippen LogP) is 3.12. The van der Waals surface area contributed by atoms with Gasteiger partial charge in [-0.1, -0.05) is 36.4 Å². The van der Waals surface area contributed by atoms with Crippen molar-refractivity contribution in [2.75, 3.05) is 12.1 Å². The van der Waals surface area contributed by atoms with Crippen LogP contribution in [-0.4, -0.2) is 22.1 Å². The second-order valence-electron chi connectivity index (χ2n) is 5.20. The maximum Gasteiger partial charge on any atom is 0.231 e. The molecular weight excluding hydrogens is 326 g/mol. The van der Waals surface area contributed by atoms with Gasteiger partial charge in [-0.3, -0.25) is 4.79 Å². The van der Waals surface area contributed by atoms with Crippen molar-refractivity contribution in [2.45, 2.75) is 6.42 Å². The van der Waals surface area contributed by atoms with Crippen molar-refractivity contribution >= 4 is 22.6 Å². The lowest BCUT2D eigenvalue weighted by atomic mass is 10.1. The highest BCUT2D eigenvalue weighted by atomic mass is 32.1. The fourth-order valence-corrected chi connectivity index (χ4v) is 2.98. The van der Waals surface area contributed by atoms with Crippen LogP contribution in [0.4, 0.5) is 5.13 Å². The van der Waals surface area contributed by atoms with Crippen LogP contribution in [0.3, 0.4) is 0 Å². The first-order chi connectivity index (χ1) is 11.8. The molecule has 0 spiro atoms. The van der Waals surface area contributed by atoms with Gasteiger partial charge < -0.3 is 14.8 Å². The highest BCUT2D eigenvalue weighted by Crippen LogP contribution is 2.32. The first-order valence-electron chi connectivity index (χ1n) is 7.35. The number of hydrogen-bond acceptors (Lipinski definition) is 6. The van der Waals surface area contributed by atoms with Gasteiger partial charge in [0.15, 0.2) is 17.3 Å². The zero-order chi connectivity index (χ0) is 16.4. The van der Waals surface area contributed by atoms with E-state index in [9.17, 15) is 4.79 Å². The summed E-state index contributed by atoms with van der Waals surface area (Å²) in [5, 5.41) is 3.27. The van der Waals surface area contributed by atoms with E-state index >= 15 is 0 Å². The van der Waals surface area contributed by atoms with Crippen molar-refractivity contribution in [2.24, 2.45) is 0 Å². The van der Waals surface area contributed by atoms with Crippen molar-refractivity contribution in [3.63, 3.8) is 0 Å². The number of nitrogens with one attached hydrogen (secondary N) is 1. The van der Waals surface area contributed by atoms with Crippen LogP contribution in [0.5, 0.6) is 11.5 Å². The molecule has 4 rings (SSSR count). The molecular formula is C17H13N3O3S. The minimum absolute atomic E-state index is 0.148. The zero-order valence-corrected chi connectivity index (χ0v) is 13.4. The average molecular weight is 339 g/mol. The molecule has 120 valence electrons. The van der Waals surface area contributed by atoms with Gasteiger partial charge in [-0.25, -0.2) is 0 Å². The second-order valence-corrected chi connectivity index (χ2v) is 5.95. The maximum atomic E-state index is 12.2. The summed E-state index contributed by atoms with van der Waals surface area (Å²) in [5.74, 6) is 1.84. The van der Waals surface area contributed by atoms with E-state index in [4.69, 9.17) is 9.47 Å². The molecule has 1 aromatic heterocycles. The van der Waals surface area contributed by atoms with E-state index in [1.54, 1.807) is 0 Å². The van der Waals surface area contributed by atoms with Crippen LogP contribution in [0.25, 0.3) is 11.4 Å². The maximum absolute atomic E-state index is 12.2. The third-order valence-electron chi connectivity index (χ3n) is 3.51. The van der Waals surface area contributed by atoms with Crippen molar-refractivity contribution in [3.05, 3.63) is 54.1 Å². The molecule has 1 amide bonds. The molecule has 1 aliphatic heterocycles. The van der Waals surface area contributed by atoms with Gasteiger partial charge in [0.1, 0.15) is 0 Å². The van der Waals surface area contributed by atoms with Crippen molar-refractivity contribution in [1.82, 2.24) is 9.36 Å².